The lowest BCUT2D eigenvalue weighted by Gasteiger charge is -2.27. The van der Waals surface area contributed by atoms with Crippen molar-refractivity contribution >= 4 is 38.3 Å². The molecule has 154 valence electrons. The summed E-state index contributed by atoms with van der Waals surface area (Å²) in [5.74, 6) is 1.46. The van der Waals surface area contributed by atoms with Gasteiger partial charge in [-0.25, -0.2) is 14.5 Å². The average Bonchev–Trinajstić information content (AvgIpc) is 3.54. The molecule has 0 saturated carbocycles. The first-order chi connectivity index (χ1) is 15.2. The molecule has 1 aliphatic rings. The molecule has 31 heavy (non-hydrogen) atoms. The van der Waals surface area contributed by atoms with E-state index in [9.17, 15) is 4.79 Å². The molecule has 0 amide bonds. The second kappa shape index (κ2) is 7.02. The van der Waals surface area contributed by atoms with E-state index in [2.05, 4.69) is 41.0 Å². The van der Waals surface area contributed by atoms with Crippen LogP contribution in [0, 0.1) is 0 Å². The first-order valence-electron chi connectivity index (χ1n) is 9.99. The van der Waals surface area contributed by atoms with Crippen LogP contribution in [-0.4, -0.2) is 40.9 Å². The number of aromatic nitrogens is 7. The lowest BCUT2D eigenvalue weighted by atomic mass is 10.2. The van der Waals surface area contributed by atoms with Gasteiger partial charge in [-0.2, -0.15) is 10.2 Å². The van der Waals surface area contributed by atoms with Gasteiger partial charge in [-0.1, -0.05) is 18.2 Å². The molecular formula is C21H17BrN8O. The van der Waals surface area contributed by atoms with Crippen LogP contribution in [0.25, 0.3) is 22.2 Å². The van der Waals surface area contributed by atoms with Crippen LogP contribution in [0.2, 0.25) is 0 Å². The van der Waals surface area contributed by atoms with E-state index >= 15 is 0 Å². The Labute approximate surface area is 184 Å². The zero-order chi connectivity index (χ0) is 20.9. The first kappa shape index (κ1) is 18.3. The normalized spacial score (nSPS) is 16.5. The lowest BCUT2D eigenvalue weighted by Crippen LogP contribution is -2.33. The average molecular weight is 477 g/mol. The van der Waals surface area contributed by atoms with Crippen molar-refractivity contribution < 1.29 is 0 Å². The van der Waals surface area contributed by atoms with E-state index < -0.39 is 0 Å². The Morgan fingerprint density at radius 1 is 1.10 bits per heavy atom. The van der Waals surface area contributed by atoms with E-state index in [4.69, 9.17) is 5.10 Å². The highest BCUT2D eigenvalue weighted by molar-refractivity contribution is 9.10. The Hall–Kier alpha value is -3.53. The Balaban J connectivity index is 1.59. The topological polar surface area (TPSA) is 97.0 Å². The van der Waals surface area contributed by atoms with Crippen molar-refractivity contribution in [2.24, 2.45) is 0 Å². The summed E-state index contributed by atoms with van der Waals surface area (Å²) in [4.78, 5) is 24.5. The zero-order valence-electron chi connectivity index (χ0n) is 16.3. The molecule has 1 aromatic carbocycles. The molecule has 0 spiro atoms. The molecule has 1 atom stereocenters. The summed E-state index contributed by atoms with van der Waals surface area (Å²) in [6.45, 7) is 0.794. The largest absolute Gasteiger partial charge is 0.346 e. The number of rotatable bonds is 3. The highest BCUT2D eigenvalue weighted by atomic mass is 79.9. The molecule has 1 unspecified atom stereocenters. The number of nitrogens with zero attached hydrogens (tertiary/aromatic N) is 7. The van der Waals surface area contributed by atoms with Gasteiger partial charge >= 0.3 is 0 Å². The Morgan fingerprint density at radius 2 is 1.97 bits per heavy atom. The van der Waals surface area contributed by atoms with Crippen molar-refractivity contribution in [3.05, 3.63) is 75.8 Å². The standard InChI is InChI=1S/C21H17BrN8O/c22-17-16-18(26-25-17)23-12-24-20(16)28-10-4-8-14(28)19-27-29-11-5-9-15(29)21(31)30(19)13-6-2-1-3-7-13/h1-3,5-7,9,11-12,14H,4,8,10H2,(H,23,24,25,26). The number of fused-ring (bicyclic) bond motifs is 2. The van der Waals surface area contributed by atoms with Crippen LogP contribution in [0.15, 0.2) is 64.4 Å². The third kappa shape index (κ3) is 2.78. The van der Waals surface area contributed by atoms with E-state index in [0.717, 1.165) is 40.9 Å². The summed E-state index contributed by atoms with van der Waals surface area (Å²) in [5, 5.41) is 12.9. The molecule has 5 heterocycles. The molecule has 1 aliphatic heterocycles. The SMILES string of the molecule is O=c1c2cccn2nc(C2CCCN2c2ncnc3n[nH]c(Br)c23)n1-c1ccccc1. The Bertz CT molecular complexity index is 1470. The molecule has 1 saturated heterocycles. The fourth-order valence-corrected chi connectivity index (χ4v) is 4.80. The number of hydrogen-bond donors (Lipinski definition) is 1. The smallest absolute Gasteiger partial charge is 0.282 e. The zero-order valence-corrected chi connectivity index (χ0v) is 17.9. The van der Waals surface area contributed by atoms with Crippen LogP contribution in [0.4, 0.5) is 5.82 Å². The molecule has 10 heteroatoms. The minimum Gasteiger partial charge on any atom is -0.346 e. The van der Waals surface area contributed by atoms with E-state index in [1.54, 1.807) is 15.1 Å². The number of hydrogen-bond acceptors (Lipinski definition) is 6. The molecule has 0 bridgehead atoms. The van der Waals surface area contributed by atoms with Crippen LogP contribution in [0.1, 0.15) is 24.7 Å². The third-order valence-electron chi connectivity index (χ3n) is 5.71. The number of nitrogens with one attached hydrogen (secondary N) is 1. The van der Waals surface area contributed by atoms with Crippen LogP contribution in [0.5, 0.6) is 0 Å². The molecule has 6 rings (SSSR count). The summed E-state index contributed by atoms with van der Waals surface area (Å²) in [6.07, 6.45) is 5.14. The van der Waals surface area contributed by atoms with E-state index in [1.807, 2.05) is 42.6 Å². The first-order valence-corrected chi connectivity index (χ1v) is 10.8. The van der Waals surface area contributed by atoms with Crippen LogP contribution >= 0.6 is 15.9 Å². The molecular weight excluding hydrogens is 460 g/mol. The molecule has 5 aromatic rings. The summed E-state index contributed by atoms with van der Waals surface area (Å²) >= 11 is 3.53. The van der Waals surface area contributed by atoms with Gasteiger partial charge in [-0.3, -0.25) is 14.5 Å². The molecule has 4 aromatic heterocycles. The molecule has 1 N–H and O–H groups in total. The lowest BCUT2D eigenvalue weighted by molar-refractivity contribution is 0.602. The third-order valence-corrected chi connectivity index (χ3v) is 6.29. The summed E-state index contributed by atoms with van der Waals surface area (Å²) < 4.78 is 4.12. The minimum absolute atomic E-state index is 0.0922. The second-order valence-corrected chi connectivity index (χ2v) is 8.25. The maximum Gasteiger partial charge on any atom is 0.282 e. The number of halogens is 1. The summed E-state index contributed by atoms with van der Waals surface area (Å²) in [5.41, 5.74) is 1.84. The van der Waals surface area contributed by atoms with Crippen LogP contribution in [0.3, 0.4) is 0 Å². The van der Waals surface area contributed by atoms with Gasteiger partial charge in [-0.05, 0) is 53.0 Å². The van der Waals surface area contributed by atoms with Crippen molar-refractivity contribution in [3.8, 4) is 5.69 Å². The molecule has 0 radical (unpaired) electrons. The van der Waals surface area contributed by atoms with Gasteiger partial charge in [0.25, 0.3) is 5.56 Å². The predicted octanol–water partition coefficient (Wildman–Crippen LogP) is 3.26. The van der Waals surface area contributed by atoms with Crippen molar-refractivity contribution in [2.45, 2.75) is 18.9 Å². The number of benzene rings is 1. The monoisotopic (exact) mass is 476 g/mol. The van der Waals surface area contributed by atoms with Gasteiger partial charge in [0.1, 0.15) is 22.3 Å². The fourth-order valence-electron chi connectivity index (χ4n) is 4.36. The van der Waals surface area contributed by atoms with Crippen LogP contribution in [-0.2, 0) is 0 Å². The highest BCUT2D eigenvalue weighted by Gasteiger charge is 2.34. The molecule has 0 aliphatic carbocycles. The quantitative estimate of drug-likeness (QED) is 0.429. The highest BCUT2D eigenvalue weighted by Crippen LogP contribution is 2.38. The van der Waals surface area contributed by atoms with Crippen molar-refractivity contribution in [1.82, 2.24) is 34.3 Å². The number of H-pyrrole nitrogens is 1. The van der Waals surface area contributed by atoms with E-state index in [0.29, 0.717) is 17.0 Å². The number of para-hydroxylation sites is 1. The number of anilines is 1. The van der Waals surface area contributed by atoms with Crippen molar-refractivity contribution in [2.75, 3.05) is 11.4 Å². The van der Waals surface area contributed by atoms with Gasteiger partial charge in [0.05, 0.1) is 17.1 Å². The predicted molar refractivity (Wildman–Crippen MR) is 119 cm³/mol. The maximum atomic E-state index is 13.5. The minimum atomic E-state index is -0.125. The Morgan fingerprint density at radius 3 is 2.84 bits per heavy atom. The molecule has 1 fully saturated rings. The number of aromatic amines is 1. The van der Waals surface area contributed by atoms with Gasteiger partial charge in [0.2, 0.25) is 0 Å². The second-order valence-electron chi connectivity index (χ2n) is 7.46. The van der Waals surface area contributed by atoms with E-state index in [1.165, 1.54) is 6.33 Å². The van der Waals surface area contributed by atoms with Gasteiger partial charge in [-0.15, -0.1) is 0 Å². The van der Waals surface area contributed by atoms with Crippen molar-refractivity contribution in [3.63, 3.8) is 0 Å². The van der Waals surface area contributed by atoms with Gasteiger partial charge < -0.3 is 4.90 Å². The van der Waals surface area contributed by atoms with Gasteiger partial charge in [0, 0.05) is 12.7 Å². The Kier molecular flexibility index (Phi) is 4.13. The van der Waals surface area contributed by atoms with Gasteiger partial charge in [0.15, 0.2) is 11.5 Å². The van der Waals surface area contributed by atoms with Crippen LogP contribution < -0.4 is 10.5 Å². The molecule has 9 nitrogen and oxygen atoms in total. The van der Waals surface area contributed by atoms with Crippen molar-refractivity contribution in [1.29, 1.82) is 0 Å². The maximum absolute atomic E-state index is 13.5. The van der Waals surface area contributed by atoms with E-state index in [-0.39, 0.29) is 11.6 Å². The summed E-state index contributed by atoms with van der Waals surface area (Å²) in [7, 11) is 0. The fraction of sp³-hybridized carbons (Fsp3) is 0.190. The summed E-state index contributed by atoms with van der Waals surface area (Å²) in [6, 6.07) is 13.2.